The zero-order valence-electron chi connectivity index (χ0n) is 30.3. The molecule has 1 atom stereocenters. The van der Waals surface area contributed by atoms with Gasteiger partial charge in [-0.15, -0.1) is 0 Å². The number of rotatable bonds is 32. The lowest BCUT2D eigenvalue weighted by Crippen LogP contribution is -2.30. The number of hydrogen-bond donors (Lipinski definition) is 0. The van der Waals surface area contributed by atoms with Crippen molar-refractivity contribution >= 4 is 17.9 Å². The van der Waals surface area contributed by atoms with Crippen LogP contribution in [-0.4, -0.2) is 37.2 Å². The van der Waals surface area contributed by atoms with Gasteiger partial charge in [-0.2, -0.15) is 0 Å². The van der Waals surface area contributed by atoms with Gasteiger partial charge in [0.2, 0.25) is 0 Å². The second kappa shape index (κ2) is 36.0. The van der Waals surface area contributed by atoms with Crippen LogP contribution >= 0.6 is 0 Å². The highest BCUT2D eigenvalue weighted by Crippen LogP contribution is 2.12. The van der Waals surface area contributed by atoms with Crippen LogP contribution in [0.25, 0.3) is 0 Å². The summed E-state index contributed by atoms with van der Waals surface area (Å²) in [6, 6.07) is 0. The van der Waals surface area contributed by atoms with E-state index >= 15 is 0 Å². The van der Waals surface area contributed by atoms with Gasteiger partial charge in [-0.3, -0.25) is 14.4 Å². The Morgan fingerprint density at radius 3 is 1.38 bits per heavy atom. The Balaban J connectivity index is 4.50. The maximum atomic E-state index is 12.5. The number of esters is 3. The predicted molar refractivity (Wildman–Crippen MR) is 196 cm³/mol. The number of carbonyl (C=O) groups excluding carboxylic acids is 3. The quantitative estimate of drug-likeness (QED) is 0.0310. The zero-order valence-corrected chi connectivity index (χ0v) is 30.3. The Bertz CT molecular complexity index is 898. The third-order valence-corrected chi connectivity index (χ3v) is 7.52. The van der Waals surface area contributed by atoms with E-state index in [4.69, 9.17) is 14.2 Å². The van der Waals surface area contributed by atoms with Crippen LogP contribution in [0.1, 0.15) is 162 Å². The minimum absolute atomic E-state index is 0.103. The van der Waals surface area contributed by atoms with Crippen LogP contribution in [0.2, 0.25) is 0 Å². The molecule has 6 nitrogen and oxygen atoms in total. The summed E-state index contributed by atoms with van der Waals surface area (Å²) in [6.45, 7) is 6.25. The average Bonchev–Trinajstić information content (AvgIpc) is 3.06. The van der Waals surface area contributed by atoms with Gasteiger partial charge in [0.1, 0.15) is 13.2 Å². The molecule has 0 rings (SSSR count). The normalized spacial score (nSPS) is 12.7. The monoisotopic (exact) mass is 657 g/mol. The van der Waals surface area contributed by atoms with Crippen molar-refractivity contribution in [3.8, 4) is 0 Å². The van der Waals surface area contributed by atoms with Gasteiger partial charge >= 0.3 is 17.9 Å². The third kappa shape index (κ3) is 34.3. The van der Waals surface area contributed by atoms with Gasteiger partial charge in [-0.1, -0.05) is 133 Å². The van der Waals surface area contributed by atoms with E-state index < -0.39 is 6.10 Å². The Labute approximate surface area is 288 Å². The molecule has 0 aromatic rings. The molecule has 0 N–H and O–H groups in total. The molecule has 6 heteroatoms. The molecule has 1 unspecified atom stereocenters. The van der Waals surface area contributed by atoms with Crippen LogP contribution in [0, 0.1) is 0 Å². The molecule has 0 aliphatic heterocycles. The topological polar surface area (TPSA) is 78.9 Å². The van der Waals surface area contributed by atoms with E-state index in [1.54, 1.807) is 0 Å². The molecule has 0 aromatic heterocycles. The highest BCUT2D eigenvalue weighted by Gasteiger charge is 2.19. The molecular formula is C41H68O6. The van der Waals surface area contributed by atoms with Crippen molar-refractivity contribution in [3.63, 3.8) is 0 Å². The van der Waals surface area contributed by atoms with Crippen LogP contribution in [0.15, 0.2) is 60.8 Å². The maximum Gasteiger partial charge on any atom is 0.306 e. The van der Waals surface area contributed by atoms with Gasteiger partial charge in [0, 0.05) is 19.3 Å². The van der Waals surface area contributed by atoms with Crippen LogP contribution in [-0.2, 0) is 28.6 Å². The lowest BCUT2D eigenvalue weighted by molar-refractivity contribution is -0.167. The summed E-state index contributed by atoms with van der Waals surface area (Å²) in [6.07, 6.45) is 40.9. The Morgan fingerprint density at radius 1 is 0.447 bits per heavy atom. The van der Waals surface area contributed by atoms with Crippen molar-refractivity contribution < 1.29 is 28.6 Å². The SMILES string of the molecule is CC/C=C\C/C=C\C/C=C\CCCC(=O)OCC(COC(=O)CCCCCCCCCCC)OC(=O)CCCC/C=C\C/C=C\CC. The lowest BCUT2D eigenvalue weighted by atomic mass is 10.1. The van der Waals surface area contributed by atoms with E-state index in [0.29, 0.717) is 19.3 Å². The Kier molecular flexibility index (Phi) is 33.7. The van der Waals surface area contributed by atoms with Crippen LogP contribution in [0.4, 0.5) is 0 Å². The molecule has 0 aliphatic carbocycles. The number of hydrogen-bond acceptors (Lipinski definition) is 6. The summed E-state index contributed by atoms with van der Waals surface area (Å²) < 4.78 is 16.5. The van der Waals surface area contributed by atoms with Gasteiger partial charge in [-0.05, 0) is 70.6 Å². The molecule has 0 heterocycles. The van der Waals surface area contributed by atoms with E-state index in [-0.39, 0.29) is 44.0 Å². The highest BCUT2D eigenvalue weighted by atomic mass is 16.6. The Hall–Kier alpha value is -2.89. The summed E-state index contributed by atoms with van der Waals surface area (Å²) in [5.74, 6) is -1.01. The minimum atomic E-state index is -0.803. The van der Waals surface area contributed by atoms with Gasteiger partial charge in [0.25, 0.3) is 0 Å². The Morgan fingerprint density at radius 2 is 0.851 bits per heavy atom. The summed E-state index contributed by atoms with van der Waals surface area (Å²) >= 11 is 0. The van der Waals surface area contributed by atoms with E-state index in [2.05, 4.69) is 81.5 Å². The van der Waals surface area contributed by atoms with E-state index in [1.807, 2.05) is 0 Å². The first-order valence-corrected chi connectivity index (χ1v) is 18.8. The largest absolute Gasteiger partial charge is 0.462 e. The van der Waals surface area contributed by atoms with Gasteiger partial charge in [0.15, 0.2) is 6.10 Å². The third-order valence-electron chi connectivity index (χ3n) is 7.52. The van der Waals surface area contributed by atoms with Crippen molar-refractivity contribution in [1.82, 2.24) is 0 Å². The van der Waals surface area contributed by atoms with Crippen molar-refractivity contribution in [2.45, 2.75) is 168 Å². The molecule has 0 saturated carbocycles. The maximum absolute atomic E-state index is 12.5. The lowest BCUT2D eigenvalue weighted by Gasteiger charge is -2.18. The number of carbonyl (C=O) groups is 3. The standard InChI is InChI=1S/C41H68O6/c1-4-7-10-13-16-19-20-23-25-28-31-34-40(43)46-37-38(47-41(44)35-32-29-26-22-18-15-12-9-6-3)36-45-39(42)33-30-27-24-21-17-14-11-8-5-2/h7,9-10,12,16,18-19,22-23,25,38H,4-6,8,11,13-15,17,20-21,24,26-37H2,1-3H3/b10-7-,12-9-,19-16-,22-18-,25-23-. The number of ether oxygens (including phenoxy) is 3. The highest BCUT2D eigenvalue weighted by molar-refractivity contribution is 5.71. The average molecular weight is 657 g/mol. The number of unbranched alkanes of at least 4 members (excludes halogenated alkanes) is 11. The van der Waals surface area contributed by atoms with Crippen molar-refractivity contribution in [2.24, 2.45) is 0 Å². The molecule has 0 aromatic carbocycles. The molecule has 0 aliphatic rings. The summed E-state index contributed by atoms with van der Waals surface area (Å²) in [5, 5.41) is 0. The fourth-order valence-corrected chi connectivity index (χ4v) is 4.73. The van der Waals surface area contributed by atoms with E-state index in [1.165, 1.54) is 38.5 Å². The van der Waals surface area contributed by atoms with Crippen molar-refractivity contribution in [1.29, 1.82) is 0 Å². The minimum Gasteiger partial charge on any atom is -0.462 e. The van der Waals surface area contributed by atoms with Crippen LogP contribution in [0.3, 0.4) is 0 Å². The fourth-order valence-electron chi connectivity index (χ4n) is 4.73. The zero-order chi connectivity index (χ0) is 34.5. The molecule has 0 bridgehead atoms. The fraction of sp³-hybridized carbons (Fsp3) is 0.683. The van der Waals surface area contributed by atoms with Gasteiger partial charge < -0.3 is 14.2 Å². The van der Waals surface area contributed by atoms with Gasteiger partial charge in [-0.25, -0.2) is 0 Å². The smallest absolute Gasteiger partial charge is 0.306 e. The van der Waals surface area contributed by atoms with Crippen LogP contribution < -0.4 is 0 Å². The molecule has 0 radical (unpaired) electrons. The first-order valence-electron chi connectivity index (χ1n) is 18.8. The molecule has 47 heavy (non-hydrogen) atoms. The molecule has 268 valence electrons. The molecule has 0 fully saturated rings. The summed E-state index contributed by atoms with van der Waals surface area (Å²) in [4.78, 5) is 37.3. The van der Waals surface area contributed by atoms with E-state index in [9.17, 15) is 14.4 Å². The second-order valence-electron chi connectivity index (χ2n) is 12.1. The first kappa shape index (κ1) is 44.1. The van der Waals surface area contributed by atoms with Crippen LogP contribution in [0.5, 0.6) is 0 Å². The molecule has 0 saturated heterocycles. The predicted octanol–water partition coefficient (Wildman–Crippen LogP) is 11.4. The molecule has 0 amide bonds. The van der Waals surface area contributed by atoms with Gasteiger partial charge in [0.05, 0.1) is 0 Å². The molecular weight excluding hydrogens is 588 g/mol. The first-order chi connectivity index (χ1) is 23.0. The van der Waals surface area contributed by atoms with Crippen molar-refractivity contribution in [3.05, 3.63) is 60.8 Å². The molecule has 0 spiro atoms. The number of allylic oxidation sites excluding steroid dienone is 10. The van der Waals surface area contributed by atoms with E-state index in [0.717, 1.165) is 70.6 Å². The second-order valence-corrected chi connectivity index (χ2v) is 12.1. The van der Waals surface area contributed by atoms with Crippen molar-refractivity contribution in [2.75, 3.05) is 13.2 Å². The summed E-state index contributed by atoms with van der Waals surface area (Å²) in [5.41, 5.74) is 0. The summed E-state index contributed by atoms with van der Waals surface area (Å²) in [7, 11) is 0.